The molecule has 2 atom stereocenters. The molecule has 2 aliphatic carbocycles. The van der Waals surface area contributed by atoms with Crippen LogP contribution < -0.4 is 10.6 Å². The Morgan fingerprint density at radius 2 is 2.00 bits per heavy atom. The molecule has 1 heterocycles. The lowest BCUT2D eigenvalue weighted by Crippen LogP contribution is -2.32. The van der Waals surface area contributed by atoms with Crippen molar-refractivity contribution >= 4 is 11.8 Å². The third-order valence-electron chi connectivity index (χ3n) is 5.18. The number of anilines is 2. The van der Waals surface area contributed by atoms with Crippen LogP contribution in [0.15, 0.2) is 6.20 Å². The average Bonchev–Trinajstić information content (AvgIpc) is 3.04. The van der Waals surface area contributed by atoms with Crippen LogP contribution in [0.5, 0.6) is 0 Å². The molecule has 3 rings (SSSR count). The van der Waals surface area contributed by atoms with Gasteiger partial charge in [0.15, 0.2) is 0 Å². The molecule has 1 aromatic heterocycles. The molecule has 3 N–H and O–H groups in total. The smallest absolute Gasteiger partial charge is 0.248 e. The Bertz CT molecular complexity index is 638. The van der Waals surface area contributed by atoms with Gasteiger partial charge in [0.05, 0.1) is 6.20 Å². The summed E-state index contributed by atoms with van der Waals surface area (Å²) in [6.07, 6.45) is 4.81. The maximum absolute atomic E-state index is 13.3. The van der Waals surface area contributed by atoms with Crippen LogP contribution in [0.4, 0.5) is 20.5 Å². The highest BCUT2D eigenvalue weighted by atomic mass is 19.3. The van der Waals surface area contributed by atoms with Crippen molar-refractivity contribution in [3.63, 3.8) is 0 Å². The second-order valence-electron chi connectivity index (χ2n) is 6.97. The Labute approximate surface area is 145 Å². The number of hydrogen-bond donors (Lipinski definition) is 3. The molecule has 136 valence electrons. The summed E-state index contributed by atoms with van der Waals surface area (Å²) in [6, 6.07) is 2.06. The van der Waals surface area contributed by atoms with Gasteiger partial charge in [0.1, 0.15) is 17.5 Å². The molecule has 2 saturated carbocycles. The van der Waals surface area contributed by atoms with Gasteiger partial charge in [-0.15, -0.1) is 0 Å². The minimum atomic E-state index is -2.57. The van der Waals surface area contributed by atoms with Crippen molar-refractivity contribution in [3.05, 3.63) is 11.8 Å². The molecule has 0 aromatic carbocycles. The van der Waals surface area contributed by atoms with E-state index in [4.69, 9.17) is 0 Å². The van der Waals surface area contributed by atoms with Crippen molar-refractivity contribution in [2.24, 2.45) is 5.92 Å². The van der Waals surface area contributed by atoms with E-state index < -0.39 is 5.92 Å². The first-order chi connectivity index (χ1) is 12.0. The molecule has 0 unspecified atom stereocenters. The van der Waals surface area contributed by atoms with Gasteiger partial charge < -0.3 is 15.7 Å². The average molecular weight is 351 g/mol. The van der Waals surface area contributed by atoms with Crippen molar-refractivity contribution < 1.29 is 13.9 Å². The number of aliphatic hydroxyl groups excluding tert-OH is 1. The number of hydrogen-bond acceptors (Lipinski definition) is 6. The van der Waals surface area contributed by atoms with Crippen molar-refractivity contribution in [1.29, 1.82) is 5.26 Å². The van der Waals surface area contributed by atoms with E-state index in [1.807, 2.05) is 0 Å². The van der Waals surface area contributed by atoms with E-state index in [2.05, 4.69) is 26.7 Å². The summed E-state index contributed by atoms with van der Waals surface area (Å²) in [4.78, 5) is 8.51. The molecule has 0 saturated heterocycles. The number of aromatic nitrogens is 2. The fourth-order valence-corrected chi connectivity index (χ4v) is 3.63. The van der Waals surface area contributed by atoms with Crippen LogP contribution in [0.3, 0.4) is 0 Å². The molecule has 0 aliphatic heterocycles. The maximum Gasteiger partial charge on any atom is 0.248 e. The zero-order valence-electron chi connectivity index (χ0n) is 14.0. The summed E-state index contributed by atoms with van der Waals surface area (Å²) >= 11 is 0. The second-order valence-corrected chi connectivity index (χ2v) is 6.97. The van der Waals surface area contributed by atoms with Gasteiger partial charge in [-0.05, 0) is 25.7 Å². The highest BCUT2D eigenvalue weighted by Gasteiger charge is 2.35. The maximum atomic E-state index is 13.3. The Morgan fingerprint density at radius 1 is 1.24 bits per heavy atom. The van der Waals surface area contributed by atoms with E-state index in [1.165, 1.54) is 6.20 Å². The van der Waals surface area contributed by atoms with E-state index in [0.717, 1.165) is 19.3 Å². The van der Waals surface area contributed by atoms with Crippen molar-refractivity contribution in [2.45, 2.75) is 63.0 Å². The first-order valence-corrected chi connectivity index (χ1v) is 8.79. The van der Waals surface area contributed by atoms with Gasteiger partial charge in [0, 0.05) is 37.5 Å². The third-order valence-corrected chi connectivity index (χ3v) is 5.18. The van der Waals surface area contributed by atoms with Crippen molar-refractivity contribution in [3.8, 4) is 6.07 Å². The van der Waals surface area contributed by atoms with Crippen LogP contribution >= 0.6 is 0 Å². The summed E-state index contributed by atoms with van der Waals surface area (Å²) in [5.41, 5.74) is 0.337. The minimum absolute atomic E-state index is 0.0771. The second kappa shape index (κ2) is 7.48. The fraction of sp³-hybridized carbons (Fsp3) is 0.706. The number of rotatable bonds is 5. The van der Waals surface area contributed by atoms with E-state index >= 15 is 0 Å². The molecular formula is C17H23F2N5O. The highest BCUT2D eigenvalue weighted by molar-refractivity contribution is 5.54. The third kappa shape index (κ3) is 4.34. The van der Waals surface area contributed by atoms with E-state index in [9.17, 15) is 19.1 Å². The summed E-state index contributed by atoms with van der Waals surface area (Å²) < 4.78 is 26.5. The summed E-state index contributed by atoms with van der Waals surface area (Å²) in [6.45, 7) is 0.103. The Balaban J connectivity index is 1.69. The van der Waals surface area contributed by atoms with Gasteiger partial charge in [-0.3, -0.25) is 0 Å². The molecule has 25 heavy (non-hydrogen) atoms. The molecule has 1 aromatic rings. The van der Waals surface area contributed by atoms with Gasteiger partial charge in [-0.1, -0.05) is 6.42 Å². The van der Waals surface area contributed by atoms with Crippen LogP contribution in [0, 0.1) is 17.2 Å². The van der Waals surface area contributed by atoms with Crippen molar-refractivity contribution in [1.82, 2.24) is 9.97 Å². The van der Waals surface area contributed by atoms with Gasteiger partial charge in [0.2, 0.25) is 11.9 Å². The first kappa shape index (κ1) is 17.8. The molecule has 2 aliphatic rings. The predicted octanol–water partition coefficient (Wildman–Crippen LogP) is 2.91. The summed E-state index contributed by atoms with van der Waals surface area (Å²) in [5.74, 6) is -1.64. The number of nitriles is 1. The standard InChI is InChI=1S/C17H23F2N5O/c18-17(19)6-4-13(5-7-17)22-16-21-9-12(8-20)15(24-16)23-14-3-1-2-11(14)10-25/h9,11,13-14,25H,1-7,10H2,(H2,21,22,23,24)/t11-,14-/m1/s1. The molecular weight excluding hydrogens is 328 g/mol. The zero-order valence-corrected chi connectivity index (χ0v) is 14.0. The lowest BCUT2D eigenvalue weighted by Gasteiger charge is -2.29. The topological polar surface area (TPSA) is 93.9 Å². The normalized spacial score (nSPS) is 26.2. The van der Waals surface area contributed by atoms with Gasteiger partial charge in [0.25, 0.3) is 0 Å². The lowest BCUT2D eigenvalue weighted by molar-refractivity contribution is -0.0361. The number of halogens is 2. The van der Waals surface area contributed by atoms with Crippen LogP contribution in [-0.2, 0) is 0 Å². The minimum Gasteiger partial charge on any atom is -0.396 e. The van der Waals surface area contributed by atoms with Gasteiger partial charge in [-0.2, -0.15) is 10.2 Å². The molecule has 0 spiro atoms. The number of nitrogens with one attached hydrogen (secondary N) is 2. The van der Waals surface area contributed by atoms with Crippen LogP contribution in [0.25, 0.3) is 0 Å². The monoisotopic (exact) mass is 351 g/mol. The lowest BCUT2D eigenvalue weighted by atomic mass is 9.92. The Morgan fingerprint density at radius 3 is 2.68 bits per heavy atom. The molecule has 0 bridgehead atoms. The Hall–Kier alpha value is -2.01. The van der Waals surface area contributed by atoms with E-state index in [1.54, 1.807) is 0 Å². The van der Waals surface area contributed by atoms with E-state index in [0.29, 0.717) is 30.2 Å². The number of nitrogens with zero attached hydrogens (tertiary/aromatic N) is 3. The Kier molecular flexibility index (Phi) is 5.33. The fourth-order valence-electron chi connectivity index (χ4n) is 3.63. The van der Waals surface area contributed by atoms with Crippen LogP contribution in [-0.4, -0.2) is 39.7 Å². The molecule has 6 nitrogen and oxygen atoms in total. The van der Waals surface area contributed by atoms with Gasteiger partial charge in [-0.25, -0.2) is 13.8 Å². The quantitative estimate of drug-likeness (QED) is 0.755. The first-order valence-electron chi connectivity index (χ1n) is 8.79. The van der Waals surface area contributed by atoms with E-state index in [-0.39, 0.29) is 37.5 Å². The molecule has 0 radical (unpaired) electrons. The van der Waals surface area contributed by atoms with Crippen molar-refractivity contribution in [2.75, 3.05) is 17.2 Å². The van der Waals surface area contributed by atoms with Crippen LogP contribution in [0.2, 0.25) is 0 Å². The SMILES string of the molecule is N#Cc1cnc(NC2CCC(F)(F)CC2)nc1N[C@@H]1CCC[C@@H]1CO. The molecule has 0 amide bonds. The predicted molar refractivity (Wildman–Crippen MR) is 89.4 cm³/mol. The van der Waals surface area contributed by atoms with Gasteiger partial charge >= 0.3 is 0 Å². The summed E-state index contributed by atoms with van der Waals surface area (Å²) in [7, 11) is 0. The highest BCUT2D eigenvalue weighted by Crippen LogP contribution is 2.34. The molecule has 8 heteroatoms. The molecule has 2 fully saturated rings. The zero-order chi connectivity index (χ0) is 17.9. The van der Waals surface area contributed by atoms with Crippen LogP contribution in [0.1, 0.15) is 50.5 Å². The summed E-state index contributed by atoms with van der Waals surface area (Å²) in [5, 5.41) is 25.1. The largest absolute Gasteiger partial charge is 0.396 e. The number of alkyl halides is 2. The number of aliphatic hydroxyl groups is 1.